The van der Waals surface area contributed by atoms with Crippen molar-refractivity contribution >= 4 is 0 Å². The van der Waals surface area contributed by atoms with Gasteiger partial charge in [0.25, 0.3) is 0 Å². The van der Waals surface area contributed by atoms with E-state index < -0.39 is 0 Å². The van der Waals surface area contributed by atoms with Gasteiger partial charge in [-0.15, -0.1) is 0 Å². The molecule has 0 N–H and O–H groups in total. The molecule has 2 nitrogen and oxygen atoms in total. The van der Waals surface area contributed by atoms with Crippen molar-refractivity contribution in [2.24, 2.45) is 0 Å². The fourth-order valence-electron chi connectivity index (χ4n) is 1.87. The van der Waals surface area contributed by atoms with Gasteiger partial charge in [-0.3, -0.25) is 0 Å². The predicted octanol–water partition coefficient (Wildman–Crippen LogP) is 4.32. The van der Waals surface area contributed by atoms with Gasteiger partial charge in [0.1, 0.15) is 5.69 Å². The van der Waals surface area contributed by atoms with Crippen LogP contribution >= 0.6 is 0 Å². The van der Waals surface area contributed by atoms with Crippen LogP contribution in [0.2, 0.25) is 0 Å². The summed E-state index contributed by atoms with van der Waals surface area (Å²) in [5, 5.41) is 4.12. The van der Waals surface area contributed by atoms with Gasteiger partial charge in [0.2, 0.25) is 0 Å². The van der Waals surface area contributed by atoms with Crippen LogP contribution in [0.5, 0.6) is 0 Å². The molecule has 88 valence electrons. The van der Waals surface area contributed by atoms with Gasteiger partial charge in [0.15, 0.2) is 5.76 Å². The van der Waals surface area contributed by atoms with Crippen molar-refractivity contribution in [1.29, 1.82) is 0 Å². The molecule has 0 radical (unpaired) electrons. The molecular formula is C16H13NO. The average Bonchev–Trinajstić information content (AvgIpc) is 2.90. The molecule has 2 heteroatoms. The highest BCUT2D eigenvalue weighted by Crippen LogP contribution is 2.25. The Morgan fingerprint density at radius 1 is 0.833 bits per heavy atom. The maximum absolute atomic E-state index is 5.39. The number of aromatic nitrogens is 1. The molecule has 0 saturated carbocycles. The van der Waals surface area contributed by atoms with Crippen molar-refractivity contribution in [3.63, 3.8) is 0 Å². The van der Waals surface area contributed by atoms with E-state index in [4.69, 9.17) is 4.52 Å². The SMILES string of the molecule is Cc1ccc(-c2cc(-c3ccccc3)on2)cc1. The van der Waals surface area contributed by atoms with Gasteiger partial charge in [0, 0.05) is 17.2 Å². The molecule has 3 aromatic rings. The molecular weight excluding hydrogens is 222 g/mol. The Morgan fingerprint density at radius 2 is 1.56 bits per heavy atom. The molecule has 0 aliphatic heterocycles. The Labute approximate surface area is 106 Å². The average molecular weight is 235 g/mol. The fraction of sp³-hybridized carbons (Fsp3) is 0.0625. The highest BCUT2D eigenvalue weighted by atomic mass is 16.5. The molecule has 0 aliphatic carbocycles. The van der Waals surface area contributed by atoms with E-state index in [1.165, 1.54) is 5.56 Å². The standard InChI is InChI=1S/C16H13NO/c1-12-7-9-13(10-8-12)15-11-16(18-17-15)14-5-3-2-4-6-14/h2-11H,1H3. The number of hydrogen-bond acceptors (Lipinski definition) is 2. The number of rotatable bonds is 2. The van der Waals surface area contributed by atoms with Gasteiger partial charge in [-0.2, -0.15) is 0 Å². The molecule has 2 aromatic carbocycles. The van der Waals surface area contributed by atoms with Crippen molar-refractivity contribution < 1.29 is 4.52 Å². The molecule has 1 heterocycles. The van der Waals surface area contributed by atoms with E-state index in [1.807, 2.05) is 36.4 Å². The van der Waals surface area contributed by atoms with E-state index in [-0.39, 0.29) is 0 Å². The molecule has 18 heavy (non-hydrogen) atoms. The van der Waals surface area contributed by atoms with Crippen LogP contribution < -0.4 is 0 Å². The Bertz CT molecular complexity index is 638. The Kier molecular flexibility index (Phi) is 2.69. The molecule has 0 amide bonds. The lowest BCUT2D eigenvalue weighted by Gasteiger charge is -1.95. The molecule has 0 bridgehead atoms. The van der Waals surface area contributed by atoms with Gasteiger partial charge >= 0.3 is 0 Å². The first-order valence-electron chi connectivity index (χ1n) is 5.92. The normalized spacial score (nSPS) is 10.5. The van der Waals surface area contributed by atoms with Crippen LogP contribution in [0.3, 0.4) is 0 Å². The minimum absolute atomic E-state index is 0.797. The largest absolute Gasteiger partial charge is 0.356 e. The molecule has 0 saturated heterocycles. The van der Waals surface area contributed by atoms with Crippen LogP contribution in [0.1, 0.15) is 5.56 Å². The third-order valence-electron chi connectivity index (χ3n) is 2.92. The molecule has 0 fully saturated rings. The second kappa shape index (κ2) is 4.49. The number of hydrogen-bond donors (Lipinski definition) is 0. The van der Waals surface area contributed by atoms with Crippen LogP contribution in [-0.4, -0.2) is 5.16 Å². The Morgan fingerprint density at radius 3 is 2.28 bits per heavy atom. The summed E-state index contributed by atoms with van der Waals surface area (Å²) in [6, 6.07) is 20.2. The molecule has 0 atom stereocenters. The second-order valence-electron chi connectivity index (χ2n) is 4.31. The first-order valence-corrected chi connectivity index (χ1v) is 5.92. The van der Waals surface area contributed by atoms with E-state index >= 15 is 0 Å². The summed E-state index contributed by atoms with van der Waals surface area (Å²) < 4.78 is 5.39. The lowest BCUT2D eigenvalue weighted by Crippen LogP contribution is -1.77. The summed E-state index contributed by atoms with van der Waals surface area (Å²) in [5.74, 6) is 0.797. The van der Waals surface area contributed by atoms with Gasteiger partial charge < -0.3 is 4.52 Å². The second-order valence-corrected chi connectivity index (χ2v) is 4.31. The van der Waals surface area contributed by atoms with E-state index in [2.05, 4.69) is 36.3 Å². The lowest BCUT2D eigenvalue weighted by atomic mass is 10.1. The summed E-state index contributed by atoms with van der Waals surface area (Å²) in [5.41, 5.74) is 4.23. The zero-order valence-electron chi connectivity index (χ0n) is 10.1. The minimum Gasteiger partial charge on any atom is -0.356 e. The van der Waals surface area contributed by atoms with E-state index in [1.54, 1.807) is 0 Å². The van der Waals surface area contributed by atoms with Crippen LogP contribution in [0.4, 0.5) is 0 Å². The van der Waals surface area contributed by atoms with Crippen molar-refractivity contribution in [3.05, 3.63) is 66.2 Å². The molecule has 1 aromatic heterocycles. The molecule has 0 aliphatic rings. The summed E-state index contributed by atoms with van der Waals surface area (Å²) in [6.45, 7) is 2.07. The topological polar surface area (TPSA) is 26.0 Å². The van der Waals surface area contributed by atoms with Gasteiger partial charge in [-0.05, 0) is 6.92 Å². The highest BCUT2D eigenvalue weighted by molar-refractivity contribution is 5.66. The predicted molar refractivity (Wildman–Crippen MR) is 72.1 cm³/mol. The van der Waals surface area contributed by atoms with Gasteiger partial charge in [-0.25, -0.2) is 0 Å². The van der Waals surface area contributed by atoms with Crippen LogP contribution in [0.25, 0.3) is 22.6 Å². The Hall–Kier alpha value is -2.35. The summed E-state index contributed by atoms with van der Waals surface area (Å²) in [4.78, 5) is 0. The summed E-state index contributed by atoms with van der Waals surface area (Å²) >= 11 is 0. The maximum atomic E-state index is 5.39. The van der Waals surface area contributed by atoms with Crippen LogP contribution in [-0.2, 0) is 0 Å². The van der Waals surface area contributed by atoms with Crippen LogP contribution in [0, 0.1) is 6.92 Å². The number of benzene rings is 2. The van der Waals surface area contributed by atoms with Crippen molar-refractivity contribution in [2.75, 3.05) is 0 Å². The van der Waals surface area contributed by atoms with Gasteiger partial charge in [-0.1, -0.05) is 65.3 Å². The van der Waals surface area contributed by atoms with Gasteiger partial charge in [0.05, 0.1) is 0 Å². The monoisotopic (exact) mass is 235 g/mol. The molecule has 3 rings (SSSR count). The minimum atomic E-state index is 0.797. The van der Waals surface area contributed by atoms with Crippen molar-refractivity contribution in [3.8, 4) is 22.6 Å². The van der Waals surface area contributed by atoms with Crippen LogP contribution in [0.15, 0.2) is 65.2 Å². The van der Waals surface area contributed by atoms with E-state index in [0.29, 0.717) is 0 Å². The first-order chi connectivity index (χ1) is 8.83. The van der Waals surface area contributed by atoms with Crippen molar-refractivity contribution in [2.45, 2.75) is 6.92 Å². The molecule has 0 spiro atoms. The Balaban J connectivity index is 1.97. The van der Waals surface area contributed by atoms with E-state index in [0.717, 1.165) is 22.6 Å². The zero-order chi connectivity index (χ0) is 12.4. The highest BCUT2D eigenvalue weighted by Gasteiger charge is 2.07. The summed E-state index contributed by atoms with van der Waals surface area (Å²) in [7, 11) is 0. The third kappa shape index (κ3) is 2.05. The maximum Gasteiger partial charge on any atom is 0.167 e. The summed E-state index contributed by atoms with van der Waals surface area (Å²) in [6.07, 6.45) is 0. The first kappa shape index (κ1) is 10.8. The number of nitrogens with zero attached hydrogens (tertiary/aromatic N) is 1. The molecule has 0 unspecified atom stereocenters. The van der Waals surface area contributed by atoms with E-state index in [9.17, 15) is 0 Å². The number of aryl methyl sites for hydroxylation is 1. The quantitative estimate of drug-likeness (QED) is 0.661. The smallest absolute Gasteiger partial charge is 0.167 e. The lowest BCUT2D eigenvalue weighted by molar-refractivity contribution is 0.435. The fourth-order valence-corrected chi connectivity index (χ4v) is 1.87. The van der Waals surface area contributed by atoms with Crippen molar-refractivity contribution in [1.82, 2.24) is 5.16 Å². The zero-order valence-corrected chi connectivity index (χ0v) is 10.1. The third-order valence-corrected chi connectivity index (χ3v) is 2.92.